The summed E-state index contributed by atoms with van der Waals surface area (Å²) in [5.41, 5.74) is 2.80. The topological polar surface area (TPSA) is 45.2 Å². The van der Waals surface area contributed by atoms with Crippen LogP contribution in [0.1, 0.15) is 29.2 Å². The Bertz CT molecular complexity index is 789. The maximum absolute atomic E-state index is 12.3. The van der Waals surface area contributed by atoms with Gasteiger partial charge in [-0.15, -0.1) is 11.3 Å². The van der Waals surface area contributed by atoms with Crippen LogP contribution in [-0.2, 0) is 6.54 Å². The van der Waals surface area contributed by atoms with Crippen LogP contribution in [0, 0.1) is 0 Å². The van der Waals surface area contributed by atoms with Crippen LogP contribution in [0.25, 0.3) is 10.2 Å². The van der Waals surface area contributed by atoms with Gasteiger partial charge in [-0.25, -0.2) is 4.98 Å². The first-order valence-electron chi connectivity index (χ1n) is 8.19. The zero-order chi connectivity index (χ0) is 16.9. The van der Waals surface area contributed by atoms with Crippen molar-refractivity contribution in [3.63, 3.8) is 0 Å². The molecule has 5 heteroatoms. The Kier molecular flexibility index (Phi) is 5.11. The molecule has 0 saturated heterocycles. The molecule has 1 amide bonds. The highest BCUT2D eigenvalue weighted by molar-refractivity contribution is 7.18. The summed E-state index contributed by atoms with van der Waals surface area (Å²) >= 11 is 1.61. The molecule has 3 aromatic rings. The number of rotatable bonds is 6. The standard InChI is InChI=1S/C19H21N3OS/c1-3-22(4-2)15-11-9-14(10-12-15)19(23)20-13-18-21-16-7-5-6-8-17(16)24-18/h5-12H,3-4,13H2,1-2H3,(H,20,23). The molecular weight excluding hydrogens is 318 g/mol. The Labute approximate surface area is 146 Å². The molecule has 1 aromatic heterocycles. The minimum atomic E-state index is -0.0691. The molecule has 0 aliphatic rings. The molecule has 0 fully saturated rings. The molecule has 4 nitrogen and oxygen atoms in total. The Balaban J connectivity index is 1.64. The van der Waals surface area contributed by atoms with Crippen molar-refractivity contribution in [3.8, 4) is 0 Å². The van der Waals surface area contributed by atoms with Crippen molar-refractivity contribution in [2.24, 2.45) is 0 Å². The third-order valence-corrected chi connectivity index (χ3v) is 5.03. The van der Waals surface area contributed by atoms with Gasteiger partial charge < -0.3 is 10.2 Å². The molecule has 24 heavy (non-hydrogen) atoms. The average molecular weight is 339 g/mol. The van der Waals surface area contributed by atoms with Gasteiger partial charge in [-0.3, -0.25) is 4.79 Å². The maximum atomic E-state index is 12.3. The summed E-state index contributed by atoms with van der Waals surface area (Å²) in [4.78, 5) is 19.1. The van der Waals surface area contributed by atoms with Gasteiger partial charge in [0.15, 0.2) is 0 Å². The van der Waals surface area contributed by atoms with Crippen molar-refractivity contribution in [2.45, 2.75) is 20.4 Å². The highest BCUT2D eigenvalue weighted by atomic mass is 32.1. The molecule has 124 valence electrons. The smallest absolute Gasteiger partial charge is 0.251 e. The van der Waals surface area contributed by atoms with Crippen LogP contribution in [0.5, 0.6) is 0 Å². The van der Waals surface area contributed by atoms with E-state index < -0.39 is 0 Å². The van der Waals surface area contributed by atoms with Crippen LogP contribution in [0.3, 0.4) is 0 Å². The molecule has 0 spiro atoms. The van der Waals surface area contributed by atoms with E-state index in [0.717, 1.165) is 34.0 Å². The summed E-state index contributed by atoms with van der Waals surface area (Å²) in [6, 6.07) is 15.8. The van der Waals surface area contributed by atoms with Crippen LogP contribution in [0.4, 0.5) is 5.69 Å². The van der Waals surface area contributed by atoms with E-state index in [-0.39, 0.29) is 5.91 Å². The van der Waals surface area contributed by atoms with Gasteiger partial charge in [-0.1, -0.05) is 12.1 Å². The summed E-state index contributed by atoms with van der Waals surface area (Å²) in [7, 11) is 0. The van der Waals surface area contributed by atoms with Gasteiger partial charge in [0.05, 0.1) is 16.8 Å². The van der Waals surface area contributed by atoms with Crippen molar-refractivity contribution in [3.05, 3.63) is 59.1 Å². The number of aromatic nitrogens is 1. The zero-order valence-electron chi connectivity index (χ0n) is 14.0. The first kappa shape index (κ1) is 16.5. The van der Waals surface area contributed by atoms with E-state index in [1.54, 1.807) is 11.3 Å². The number of nitrogens with one attached hydrogen (secondary N) is 1. The monoisotopic (exact) mass is 339 g/mol. The number of para-hydroxylation sites is 1. The summed E-state index contributed by atoms with van der Waals surface area (Å²) in [6.07, 6.45) is 0. The van der Waals surface area contributed by atoms with Crippen molar-refractivity contribution in [1.82, 2.24) is 10.3 Å². The van der Waals surface area contributed by atoms with E-state index >= 15 is 0 Å². The lowest BCUT2D eigenvalue weighted by atomic mass is 10.2. The zero-order valence-corrected chi connectivity index (χ0v) is 14.8. The second-order valence-electron chi connectivity index (χ2n) is 5.48. The number of hydrogen-bond donors (Lipinski definition) is 1. The highest BCUT2D eigenvalue weighted by Gasteiger charge is 2.09. The predicted molar refractivity (Wildman–Crippen MR) is 101 cm³/mol. The lowest BCUT2D eigenvalue weighted by Gasteiger charge is -2.21. The van der Waals surface area contributed by atoms with Crippen LogP contribution in [0.15, 0.2) is 48.5 Å². The lowest BCUT2D eigenvalue weighted by molar-refractivity contribution is 0.0951. The summed E-state index contributed by atoms with van der Waals surface area (Å²) in [5.74, 6) is -0.0691. The number of nitrogens with zero attached hydrogens (tertiary/aromatic N) is 2. The minimum Gasteiger partial charge on any atom is -0.372 e. The molecule has 2 aromatic carbocycles. The quantitative estimate of drug-likeness (QED) is 0.736. The average Bonchev–Trinajstić information content (AvgIpc) is 3.04. The molecular formula is C19H21N3OS. The van der Waals surface area contributed by atoms with E-state index in [1.807, 2.05) is 48.5 Å². The third-order valence-electron chi connectivity index (χ3n) is 4.00. The molecule has 0 aliphatic carbocycles. The van der Waals surface area contributed by atoms with Gasteiger partial charge in [0, 0.05) is 24.3 Å². The second-order valence-corrected chi connectivity index (χ2v) is 6.59. The van der Waals surface area contributed by atoms with Crippen molar-refractivity contribution in [2.75, 3.05) is 18.0 Å². The van der Waals surface area contributed by atoms with Gasteiger partial charge in [0.1, 0.15) is 5.01 Å². The van der Waals surface area contributed by atoms with Gasteiger partial charge in [-0.2, -0.15) is 0 Å². The van der Waals surface area contributed by atoms with E-state index in [9.17, 15) is 4.79 Å². The number of carbonyl (C=O) groups is 1. The highest BCUT2D eigenvalue weighted by Crippen LogP contribution is 2.21. The third kappa shape index (κ3) is 3.57. The fourth-order valence-electron chi connectivity index (χ4n) is 2.67. The van der Waals surface area contributed by atoms with Crippen LogP contribution >= 0.6 is 11.3 Å². The van der Waals surface area contributed by atoms with E-state index in [0.29, 0.717) is 12.1 Å². The van der Waals surface area contributed by atoms with Crippen LogP contribution < -0.4 is 10.2 Å². The van der Waals surface area contributed by atoms with Gasteiger partial charge in [0.25, 0.3) is 5.91 Å². The normalized spacial score (nSPS) is 10.8. The maximum Gasteiger partial charge on any atom is 0.251 e. The number of thiazole rings is 1. The largest absolute Gasteiger partial charge is 0.372 e. The van der Waals surface area contributed by atoms with Crippen molar-refractivity contribution < 1.29 is 4.79 Å². The first-order valence-corrected chi connectivity index (χ1v) is 9.00. The number of benzene rings is 2. The SMILES string of the molecule is CCN(CC)c1ccc(C(=O)NCc2nc3ccccc3s2)cc1. The summed E-state index contributed by atoms with van der Waals surface area (Å²) in [6.45, 7) is 6.62. The van der Waals surface area contributed by atoms with Crippen LogP contribution in [0.2, 0.25) is 0 Å². The van der Waals surface area contributed by atoms with Crippen molar-refractivity contribution >= 4 is 33.1 Å². The number of carbonyl (C=O) groups excluding carboxylic acids is 1. The summed E-state index contributed by atoms with van der Waals surface area (Å²) < 4.78 is 1.14. The fraction of sp³-hybridized carbons (Fsp3) is 0.263. The second kappa shape index (κ2) is 7.45. The molecule has 0 bridgehead atoms. The number of anilines is 1. The first-order chi connectivity index (χ1) is 11.7. The fourth-order valence-corrected chi connectivity index (χ4v) is 3.57. The lowest BCUT2D eigenvalue weighted by Crippen LogP contribution is -2.24. The van der Waals surface area contributed by atoms with E-state index in [1.165, 1.54) is 0 Å². The molecule has 0 atom stereocenters. The molecule has 0 unspecified atom stereocenters. The van der Waals surface area contributed by atoms with Crippen molar-refractivity contribution in [1.29, 1.82) is 0 Å². The number of hydrogen-bond acceptors (Lipinski definition) is 4. The Morgan fingerprint density at radius 1 is 1.08 bits per heavy atom. The van der Waals surface area contributed by atoms with Gasteiger partial charge in [-0.05, 0) is 50.2 Å². The summed E-state index contributed by atoms with van der Waals surface area (Å²) in [5, 5.41) is 3.87. The molecule has 0 aliphatic heterocycles. The van der Waals surface area contributed by atoms with E-state index in [4.69, 9.17) is 0 Å². The molecule has 0 radical (unpaired) electrons. The van der Waals surface area contributed by atoms with Gasteiger partial charge in [0.2, 0.25) is 0 Å². The Morgan fingerprint density at radius 2 is 1.79 bits per heavy atom. The molecule has 1 N–H and O–H groups in total. The Hall–Kier alpha value is -2.40. The predicted octanol–water partition coefficient (Wildman–Crippen LogP) is 4.07. The number of amides is 1. The Morgan fingerprint density at radius 3 is 2.46 bits per heavy atom. The number of fused-ring (bicyclic) bond motifs is 1. The molecule has 0 saturated carbocycles. The van der Waals surface area contributed by atoms with Crippen LogP contribution in [-0.4, -0.2) is 24.0 Å². The minimum absolute atomic E-state index is 0.0691. The van der Waals surface area contributed by atoms with E-state index in [2.05, 4.69) is 29.0 Å². The molecule has 1 heterocycles. The molecule has 3 rings (SSSR count). The van der Waals surface area contributed by atoms with Gasteiger partial charge >= 0.3 is 0 Å².